The number of aromatic nitrogens is 1. The Kier molecular flexibility index (Phi) is 4.65. The van der Waals surface area contributed by atoms with Gasteiger partial charge in [0.25, 0.3) is 5.56 Å². The zero-order valence-electron chi connectivity index (χ0n) is 14.2. The Hall–Kier alpha value is -2.95. The van der Waals surface area contributed by atoms with Crippen molar-refractivity contribution in [1.29, 1.82) is 0 Å². The van der Waals surface area contributed by atoms with Crippen LogP contribution in [0.5, 0.6) is 0 Å². The van der Waals surface area contributed by atoms with Crippen LogP contribution in [0.4, 0.5) is 10.1 Å². The van der Waals surface area contributed by atoms with Gasteiger partial charge in [-0.3, -0.25) is 9.59 Å². The Morgan fingerprint density at radius 1 is 1.12 bits per heavy atom. The summed E-state index contributed by atoms with van der Waals surface area (Å²) >= 11 is 0. The minimum Gasteiger partial charge on any atom is -0.326 e. The van der Waals surface area contributed by atoms with Crippen LogP contribution in [-0.4, -0.2) is 10.9 Å². The topological polar surface area (TPSA) is 62.0 Å². The lowest BCUT2D eigenvalue weighted by Gasteiger charge is -2.09. The quantitative estimate of drug-likeness (QED) is 0.759. The van der Waals surface area contributed by atoms with Crippen LogP contribution in [0.25, 0.3) is 10.9 Å². The third kappa shape index (κ3) is 3.94. The standard InChI is InChI=1S/C20H19FN2O2/c1-12-3-4-13(2)17(9-12)22-19(24)8-6-15-10-14-5-7-16(21)11-18(14)23-20(15)25/h3-5,7,9-11H,6,8H2,1-2H3,(H,22,24)(H,23,25). The molecule has 0 aliphatic carbocycles. The Morgan fingerprint density at radius 3 is 2.72 bits per heavy atom. The lowest BCUT2D eigenvalue weighted by Crippen LogP contribution is -2.17. The van der Waals surface area contributed by atoms with Gasteiger partial charge in [-0.1, -0.05) is 12.1 Å². The molecule has 128 valence electrons. The molecule has 0 radical (unpaired) electrons. The van der Waals surface area contributed by atoms with Gasteiger partial charge in [0.05, 0.1) is 5.52 Å². The molecule has 3 rings (SSSR count). The highest BCUT2D eigenvalue weighted by Crippen LogP contribution is 2.17. The number of aryl methyl sites for hydroxylation is 3. The van der Waals surface area contributed by atoms with E-state index in [2.05, 4.69) is 10.3 Å². The summed E-state index contributed by atoms with van der Waals surface area (Å²) in [6, 6.07) is 11.8. The molecule has 2 N–H and O–H groups in total. The van der Waals surface area contributed by atoms with Gasteiger partial charge in [-0.25, -0.2) is 4.39 Å². The fourth-order valence-corrected chi connectivity index (χ4v) is 2.74. The molecule has 25 heavy (non-hydrogen) atoms. The first-order valence-corrected chi connectivity index (χ1v) is 8.11. The maximum Gasteiger partial charge on any atom is 0.251 e. The van der Waals surface area contributed by atoms with Crippen LogP contribution in [0.2, 0.25) is 0 Å². The monoisotopic (exact) mass is 338 g/mol. The summed E-state index contributed by atoms with van der Waals surface area (Å²) in [6.07, 6.45) is 0.516. The lowest BCUT2D eigenvalue weighted by atomic mass is 10.1. The van der Waals surface area contributed by atoms with Gasteiger partial charge in [-0.05, 0) is 67.1 Å². The predicted octanol–water partition coefficient (Wildman–Crippen LogP) is 3.86. The molecule has 4 nitrogen and oxygen atoms in total. The van der Waals surface area contributed by atoms with Crippen molar-refractivity contribution in [2.24, 2.45) is 0 Å². The van der Waals surface area contributed by atoms with Gasteiger partial charge >= 0.3 is 0 Å². The van der Waals surface area contributed by atoms with Gasteiger partial charge < -0.3 is 10.3 Å². The number of H-pyrrole nitrogens is 1. The van der Waals surface area contributed by atoms with Crippen LogP contribution in [0.3, 0.4) is 0 Å². The first kappa shape index (κ1) is 16.9. The number of hydrogen-bond donors (Lipinski definition) is 2. The van der Waals surface area contributed by atoms with Crippen molar-refractivity contribution in [2.75, 3.05) is 5.32 Å². The second-order valence-corrected chi connectivity index (χ2v) is 6.22. The molecule has 5 heteroatoms. The van der Waals surface area contributed by atoms with Crippen LogP contribution in [-0.2, 0) is 11.2 Å². The predicted molar refractivity (Wildman–Crippen MR) is 97.4 cm³/mol. The van der Waals surface area contributed by atoms with E-state index in [-0.39, 0.29) is 17.9 Å². The molecule has 0 aliphatic rings. The molecular weight excluding hydrogens is 319 g/mol. The van der Waals surface area contributed by atoms with Crippen LogP contribution in [0.15, 0.2) is 47.3 Å². The van der Waals surface area contributed by atoms with Crippen LogP contribution < -0.4 is 10.9 Å². The molecule has 0 atom stereocenters. The van der Waals surface area contributed by atoms with E-state index in [0.29, 0.717) is 17.5 Å². The number of carbonyl (C=O) groups excluding carboxylic acids is 1. The van der Waals surface area contributed by atoms with Gasteiger partial charge in [-0.2, -0.15) is 0 Å². The van der Waals surface area contributed by atoms with E-state index in [1.165, 1.54) is 12.1 Å². The highest BCUT2D eigenvalue weighted by molar-refractivity contribution is 5.91. The summed E-state index contributed by atoms with van der Waals surface area (Å²) in [7, 11) is 0. The van der Waals surface area contributed by atoms with Crippen molar-refractivity contribution in [2.45, 2.75) is 26.7 Å². The lowest BCUT2D eigenvalue weighted by molar-refractivity contribution is -0.116. The first-order chi connectivity index (χ1) is 11.9. The molecule has 0 spiro atoms. The van der Waals surface area contributed by atoms with E-state index in [9.17, 15) is 14.0 Å². The van der Waals surface area contributed by atoms with Gasteiger partial charge in [0, 0.05) is 17.7 Å². The molecule has 0 unspecified atom stereocenters. The zero-order valence-corrected chi connectivity index (χ0v) is 14.2. The van der Waals surface area contributed by atoms with Crippen molar-refractivity contribution < 1.29 is 9.18 Å². The van der Waals surface area contributed by atoms with Gasteiger partial charge in [0.2, 0.25) is 5.91 Å². The smallest absolute Gasteiger partial charge is 0.251 e. The van der Waals surface area contributed by atoms with E-state index >= 15 is 0 Å². The summed E-state index contributed by atoms with van der Waals surface area (Å²) < 4.78 is 13.2. The molecule has 2 aromatic carbocycles. The molecule has 0 saturated heterocycles. The summed E-state index contributed by atoms with van der Waals surface area (Å²) in [5.74, 6) is -0.545. The number of nitrogens with one attached hydrogen (secondary N) is 2. The van der Waals surface area contributed by atoms with Crippen LogP contribution in [0.1, 0.15) is 23.1 Å². The molecule has 1 amide bonds. The fraction of sp³-hybridized carbons (Fsp3) is 0.200. The van der Waals surface area contributed by atoms with Gasteiger partial charge in [-0.15, -0.1) is 0 Å². The third-order valence-electron chi connectivity index (χ3n) is 4.17. The minimum atomic E-state index is -0.399. The van der Waals surface area contributed by atoms with E-state index in [0.717, 1.165) is 22.2 Å². The van der Waals surface area contributed by atoms with Crippen molar-refractivity contribution in [1.82, 2.24) is 4.98 Å². The first-order valence-electron chi connectivity index (χ1n) is 8.11. The van der Waals surface area contributed by atoms with Crippen LogP contribution >= 0.6 is 0 Å². The minimum absolute atomic E-state index is 0.146. The van der Waals surface area contributed by atoms with Crippen molar-refractivity contribution >= 4 is 22.5 Å². The Bertz CT molecular complexity index is 1010. The highest BCUT2D eigenvalue weighted by Gasteiger charge is 2.09. The second kappa shape index (κ2) is 6.89. The number of halogens is 1. The van der Waals surface area contributed by atoms with Crippen LogP contribution in [0, 0.1) is 19.7 Å². The summed E-state index contributed by atoms with van der Waals surface area (Å²) in [5, 5.41) is 3.63. The number of aromatic amines is 1. The molecule has 1 heterocycles. The van der Waals surface area contributed by atoms with Gasteiger partial charge in [0.15, 0.2) is 0 Å². The number of benzene rings is 2. The summed E-state index contributed by atoms with van der Waals surface area (Å²) in [5.41, 5.74) is 3.51. The average molecular weight is 338 g/mol. The molecule has 0 fully saturated rings. The number of hydrogen-bond acceptors (Lipinski definition) is 2. The zero-order chi connectivity index (χ0) is 18.0. The second-order valence-electron chi connectivity index (χ2n) is 6.22. The molecule has 0 aliphatic heterocycles. The number of fused-ring (bicyclic) bond motifs is 1. The van der Waals surface area contributed by atoms with E-state index < -0.39 is 5.82 Å². The maximum absolute atomic E-state index is 13.2. The number of amides is 1. The van der Waals surface area contributed by atoms with Crippen molar-refractivity contribution in [3.63, 3.8) is 0 Å². The maximum atomic E-state index is 13.2. The SMILES string of the molecule is Cc1ccc(C)c(NC(=O)CCc2cc3ccc(F)cc3[nH]c2=O)c1. The van der Waals surface area contributed by atoms with E-state index in [1.807, 2.05) is 32.0 Å². The Balaban J connectivity index is 1.72. The highest BCUT2D eigenvalue weighted by atomic mass is 19.1. The number of pyridine rings is 1. The number of carbonyl (C=O) groups is 1. The molecule has 0 bridgehead atoms. The Morgan fingerprint density at radius 2 is 1.92 bits per heavy atom. The largest absolute Gasteiger partial charge is 0.326 e. The molecule has 1 aromatic heterocycles. The fourth-order valence-electron chi connectivity index (χ4n) is 2.74. The number of anilines is 1. The Labute approximate surface area is 144 Å². The van der Waals surface area contributed by atoms with Crippen molar-refractivity contribution in [3.05, 3.63) is 75.3 Å². The van der Waals surface area contributed by atoms with Gasteiger partial charge in [0.1, 0.15) is 5.82 Å². The summed E-state index contributed by atoms with van der Waals surface area (Å²) in [4.78, 5) is 27.0. The normalized spacial score (nSPS) is 10.8. The van der Waals surface area contributed by atoms with Crippen molar-refractivity contribution in [3.8, 4) is 0 Å². The molecular formula is C20H19FN2O2. The number of rotatable bonds is 4. The van der Waals surface area contributed by atoms with E-state index in [1.54, 1.807) is 12.1 Å². The average Bonchev–Trinajstić information content (AvgIpc) is 2.56. The van der Waals surface area contributed by atoms with E-state index in [4.69, 9.17) is 0 Å². The molecule has 0 saturated carbocycles. The third-order valence-corrected chi connectivity index (χ3v) is 4.17. The summed E-state index contributed by atoms with van der Waals surface area (Å²) in [6.45, 7) is 3.90. The molecule has 3 aromatic rings.